The van der Waals surface area contributed by atoms with Crippen LogP contribution in [0.5, 0.6) is 0 Å². The molecular weight excluding hydrogens is 386 g/mol. The predicted molar refractivity (Wildman–Crippen MR) is 110 cm³/mol. The number of amides is 1. The standard InChI is InChI=1S/C22H25N3O3S/c23-17-22(10-4-1-5-11-22)21(26)24-12-14-25(15-13-24)29(27,28)20-9-8-18-6-2-3-7-19(18)16-20/h2-3,6-9,16H,1,4-5,10-15H2. The molecular formula is C22H25N3O3S. The van der Waals surface area contributed by atoms with E-state index in [-0.39, 0.29) is 23.9 Å². The molecule has 1 amide bonds. The molecule has 6 nitrogen and oxygen atoms in total. The fourth-order valence-electron chi connectivity index (χ4n) is 4.44. The molecule has 1 aliphatic heterocycles. The second kappa shape index (κ2) is 7.77. The molecule has 1 aliphatic carbocycles. The van der Waals surface area contributed by atoms with Crippen molar-refractivity contribution in [2.24, 2.45) is 5.41 Å². The number of rotatable bonds is 3. The normalized spacial score (nSPS) is 20.3. The average Bonchev–Trinajstić information content (AvgIpc) is 2.78. The van der Waals surface area contributed by atoms with Crippen LogP contribution < -0.4 is 0 Å². The summed E-state index contributed by atoms with van der Waals surface area (Å²) in [5, 5.41) is 11.5. The lowest BCUT2D eigenvalue weighted by atomic mass is 9.74. The van der Waals surface area contributed by atoms with E-state index in [9.17, 15) is 18.5 Å². The van der Waals surface area contributed by atoms with Crippen molar-refractivity contribution in [1.29, 1.82) is 5.26 Å². The summed E-state index contributed by atoms with van der Waals surface area (Å²) in [5.74, 6) is -0.123. The molecule has 29 heavy (non-hydrogen) atoms. The van der Waals surface area contributed by atoms with Crippen molar-refractivity contribution in [3.8, 4) is 6.07 Å². The number of benzene rings is 2. The molecule has 0 N–H and O–H groups in total. The summed E-state index contributed by atoms with van der Waals surface area (Å²) in [6.07, 6.45) is 4.08. The number of sulfonamides is 1. The Labute approximate surface area is 171 Å². The van der Waals surface area contributed by atoms with Crippen LogP contribution in [0.15, 0.2) is 47.4 Å². The fourth-order valence-corrected chi connectivity index (χ4v) is 5.90. The number of nitriles is 1. The molecule has 7 heteroatoms. The molecule has 0 aromatic heterocycles. The van der Waals surface area contributed by atoms with Crippen LogP contribution in [0.3, 0.4) is 0 Å². The van der Waals surface area contributed by atoms with E-state index in [1.165, 1.54) is 4.31 Å². The summed E-state index contributed by atoms with van der Waals surface area (Å²) in [4.78, 5) is 15.0. The van der Waals surface area contributed by atoms with Gasteiger partial charge in [-0.3, -0.25) is 4.79 Å². The van der Waals surface area contributed by atoms with Crippen molar-refractivity contribution < 1.29 is 13.2 Å². The van der Waals surface area contributed by atoms with Crippen LogP contribution in [-0.2, 0) is 14.8 Å². The highest BCUT2D eigenvalue weighted by Crippen LogP contribution is 2.37. The Bertz CT molecular complexity index is 1060. The number of hydrogen-bond acceptors (Lipinski definition) is 4. The van der Waals surface area contributed by atoms with Crippen LogP contribution in [0, 0.1) is 16.7 Å². The number of nitrogens with zero attached hydrogens (tertiary/aromatic N) is 3. The Kier molecular flexibility index (Phi) is 5.32. The summed E-state index contributed by atoms with van der Waals surface area (Å²) in [6.45, 7) is 1.16. The molecule has 0 atom stereocenters. The Morgan fingerprint density at radius 2 is 1.59 bits per heavy atom. The number of hydrogen-bond donors (Lipinski definition) is 0. The third-order valence-electron chi connectivity index (χ3n) is 6.22. The molecule has 2 aliphatic rings. The Morgan fingerprint density at radius 1 is 0.931 bits per heavy atom. The van der Waals surface area contributed by atoms with Gasteiger partial charge in [0.15, 0.2) is 0 Å². The maximum atomic E-state index is 13.1. The maximum Gasteiger partial charge on any atom is 0.243 e. The Balaban J connectivity index is 1.48. The second-order valence-corrected chi connectivity index (χ2v) is 9.90. The number of carbonyl (C=O) groups excluding carboxylic acids is 1. The van der Waals surface area contributed by atoms with Crippen LogP contribution in [0.4, 0.5) is 0 Å². The van der Waals surface area contributed by atoms with Crippen molar-refractivity contribution in [3.63, 3.8) is 0 Å². The topological polar surface area (TPSA) is 81.5 Å². The molecule has 0 spiro atoms. The van der Waals surface area contributed by atoms with E-state index >= 15 is 0 Å². The third kappa shape index (κ3) is 3.63. The van der Waals surface area contributed by atoms with Gasteiger partial charge in [-0.1, -0.05) is 49.6 Å². The summed E-state index contributed by atoms with van der Waals surface area (Å²) in [7, 11) is -3.62. The molecule has 0 unspecified atom stereocenters. The van der Waals surface area contributed by atoms with Gasteiger partial charge in [0.2, 0.25) is 15.9 Å². The summed E-state index contributed by atoms with van der Waals surface area (Å²) >= 11 is 0. The second-order valence-electron chi connectivity index (χ2n) is 7.96. The van der Waals surface area contributed by atoms with Crippen molar-refractivity contribution in [2.45, 2.75) is 37.0 Å². The molecule has 2 aromatic rings. The van der Waals surface area contributed by atoms with Gasteiger partial charge in [0.25, 0.3) is 0 Å². The van der Waals surface area contributed by atoms with E-state index in [0.717, 1.165) is 30.0 Å². The van der Waals surface area contributed by atoms with Gasteiger partial charge < -0.3 is 4.90 Å². The number of piperazine rings is 1. The molecule has 1 heterocycles. The molecule has 1 saturated heterocycles. The van der Waals surface area contributed by atoms with Gasteiger partial charge in [-0.2, -0.15) is 9.57 Å². The predicted octanol–water partition coefficient (Wildman–Crippen LogP) is 3.15. The molecule has 4 rings (SSSR count). The molecule has 152 valence electrons. The van der Waals surface area contributed by atoms with Crippen LogP contribution >= 0.6 is 0 Å². The van der Waals surface area contributed by atoms with Gasteiger partial charge in [0.05, 0.1) is 11.0 Å². The van der Waals surface area contributed by atoms with E-state index in [1.807, 2.05) is 30.3 Å². The first-order valence-electron chi connectivity index (χ1n) is 10.2. The summed E-state index contributed by atoms with van der Waals surface area (Å²) < 4.78 is 27.6. The van der Waals surface area contributed by atoms with Crippen LogP contribution in [-0.4, -0.2) is 49.7 Å². The van der Waals surface area contributed by atoms with Crippen molar-refractivity contribution in [3.05, 3.63) is 42.5 Å². The van der Waals surface area contributed by atoms with Crippen molar-refractivity contribution in [1.82, 2.24) is 9.21 Å². The van der Waals surface area contributed by atoms with Gasteiger partial charge in [-0.05, 0) is 35.7 Å². The summed E-state index contributed by atoms with van der Waals surface area (Å²) in [5.41, 5.74) is -0.919. The third-order valence-corrected chi connectivity index (χ3v) is 8.11. The maximum absolute atomic E-state index is 13.1. The van der Waals surface area contributed by atoms with Gasteiger partial charge in [-0.25, -0.2) is 8.42 Å². The first kappa shape index (κ1) is 19.9. The highest BCUT2D eigenvalue weighted by Gasteiger charge is 2.43. The molecule has 0 bridgehead atoms. The van der Waals surface area contributed by atoms with E-state index in [0.29, 0.717) is 25.9 Å². The quantitative estimate of drug-likeness (QED) is 0.777. The minimum absolute atomic E-state index is 0.123. The zero-order chi connectivity index (χ0) is 20.5. The Hall–Kier alpha value is -2.43. The smallest absolute Gasteiger partial charge is 0.243 e. The van der Waals surface area contributed by atoms with Gasteiger partial charge in [-0.15, -0.1) is 0 Å². The number of fused-ring (bicyclic) bond motifs is 1. The van der Waals surface area contributed by atoms with Crippen LogP contribution in [0.2, 0.25) is 0 Å². The average molecular weight is 412 g/mol. The first-order valence-corrected chi connectivity index (χ1v) is 11.6. The van der Waals surface area contributed by atoms with E-state index in [4.69, 9.17) is 0 Å². The SMILES string of the molecule is N#CC1(C(=O)N2CCN(S(=O)(=O)c3ccc4ccccc4c3)CC2)CCCCC1. The van der Waals surface area contributed by atoms with Crippen LogP contribution in [0.1, 0.15) is 32.1 Å². The lowest BCUT2D eigenvalue weighted by molar-refractivity contribution is -0.141. The lowest BCUT2D eigenvalue weighted by Crippen LogP contribution is -2.54. The molecule has 2 aromatic carbocycles. The Morgan fingerprint density at radius 3 is 2.24 bits per heavy atom. The van der Waals surface area contributed by atoms with Gasteiger partial charge in [0, 0.05) is 26.2 Å². The minimum Gasteiger partial charge on any atom is -0.339 e. The monoisotopic (exact) mass is 411 g/mol. The van der Waals surface area contributed by atoms with Gasteiger partial charge >= 0.3 is 0 Å². The summed E-state index contributed by atoms with van der Waals surface area (Å²) in [6, 6.07) is 15.1. The zero-order valence-corrected chi connectivity index (χ0v) is 17.2. The molecule has 2 fully saturated rings. The lowest BCUT2D eigenvalue weighted by Gasteiger charge is -2.39. The molecule has 0 radical (unpaired) electrons. The fraction of sp³-hybridized carbons (Fsp3) is 0.455. The highest BCUT2D eigenvalue weighted by atomic mass is 32.2. The van der Waals surface area contributed by atoms with Crippen molar-refractivity contribution >= 4 is 26.7 Å². The van der Waals surface area contributed by atoms with Gasteiger partial charge in [0.1, 0.15) is 5.41 Å². The highest BCUT2D eigenvalue weighted by molar-refractivity contribution is 7.89. The molecule has 1 saturated carbocycles. The van der Waals surface area contributed by atoms with E-state index in [1.54, 1.807) is 17.0 Å². The van der Waals surface area contributed by atoms with Crippen molar-refractivity contribution in [2.75, 3.05) is 26.2 Å². The minimum atomic E-state index is -3.62. The van der Waals surface area contributed by atoms with E-state index < -0.39 is 15.4 Å². The first-order chi connectivity index (χ1) is 14.0. The van der Waals surface area contributed by atoms with Crippen LogP contribution in [0.25, 0.3) is 10.8 Å². The largest absolute Gasteiger partial charge is 0.339 e. The van der Waals surface area contributed by atoms with E-state index in [2.05, 4.69) is 6.07 Å². The number of carbonyl (C=O) groups is 1. The zero-order valence-electron chi connectivity index (χ0n) is 16.4.